The van der Waals surface area contributed by atoms with Gasteiger partial charge in [0.2, 0.25) is 5.91 Å². The summed E-state index contributed by atoms with van der Waals surface area (Å²) >= 11 is 1.83. The van der Waals surface area contributed by atoms with Crippen molar-refractivity contribution >= 4 is 40.7 Å². The van der Waals surface area contributed by atoms with Crippen molar-refractivity contribution in [3.05, 3.63) is 36.5 Å². The van der Waals surface area contributed by atoms with Crippen LogP contribution in [0.2, 0.25) is 0 Å². The average molecular weight is 467 g/mol. The lowest BCUT2D eigenvalue weighted by Gasteiger charge is -2.43. The Morgan fingerprint density at radius 3 is 2.55 bits per heavy atom. The lowest BCUT2D eigenvalue weighted by molar-refractivity contribution is -0.119. The Hall–Kier alpha value is -2.29. The summed E-state index contributed by atoms with van der Waals surface area (Å²) in [5.74, 6) is 0.957. The number of nitrogens with one attached hydrogen (secondary N) is 1. The summed E-state index contributed by atoms with van der Waals surface area (Å²) in [6.45, 7) is 6.40. The van der Waals surface area contributed by atoms with Crippen molar-refractivity contribution in [3.63, 3.8) is 0 Å². The van der Waals surface area contributed by atoms with Crippen LogP contribution in [0.15, 0.2) is 41.4 Å². The molecule has 1 N–H and O–H groups in total. The summed E-state index contributed by atoms with van der Waals surface area (Å²) < 4.78 is 2.43. The number of benzene rings is 1. The lowest BCUT2D eigenvalue weighted by atomic mass is 10.0. The highest BCUT2D eigenvalue weighted by Crippen LogP contribution is 2.41. The Balaban J connectivity index is 1.36. The van der Waals surface area contributed by atoms with Crippen molar-refractivity contribution in [2.24, 2.45) is 0 Å². The van der Waals surface area contributed by atoms with Crippen LogP contribution in [0.1, 0.15) is 32.6 Å². The second kappa shape index (κ2) is 9.52. The number of likely N-dealkylation sites (N-methyl/N-ethyl adjacent to an activating group) is 2. The van der Waals surface area contributed by atoms with E-state index in [2.05, 4.69) is 61.8 Å². The maximum atomic E-state index is 12.9. The number of nitrogens with zero attached hydrogens (tertiary/aromatic N) is 5. The third-order valence-corrected chi connectivity index (χ3v) is 8.22. The van der Waals surface area contributed by atoms with Gasteiger partial charge in [-0.2, -0.15) is 0 Å². The molecule has 0 radical (unpaired) electrons. The van der Waals surface area contributed by atoms with Gasteiger partial charge in [-0.25, -0.2) is 9.29 Å². The minimum absolute atomic E-state index is 0.144. The van der Waals surface area contributed by atoms with E-state index >= 15 is 0 Å². The van der Waals surface area contributed by atoms with E-state index in [9.17, 15) is 4.79 Å². The predicted octanol–water partition coefficient (Wildman–Crippen LogP) is 4.19. The topological polar surface area (TPSA) is 55.0 Å². The second-order valence-corrected chi connectivity index (χ2v) is 10.6. The van der Waals surface area contributed by atoms with Crippen LogP contribution < -0.4 is 15.1 Å². The Bertz CT molecular complexity index is 1000. The number of rotatable bonds is 5. The monoisotopic (exact) mass is 466 g/mol. The maximum Gasteiger partial charge on any atom is 0.249 e. The van der Waals surface area contributed by atoms with Crippen molar-refractivity contribution in [2.75, 3.05) is 55.4 Å². The number of carbonyl (C=O) groups excluding carboxylic acids is 1. The van der Waals surface area contributed by atoms with E-state index in [4.69, 9.17) is 0 Å². The van der Waals surface area contributed by atoms with E-state index < -0.39 is 0 Å². The molecule has 7 nitrogen and oxygen atoms in total. The highest BCUT2D eigenvalue weighted by molar-refractivity contribution is 7.97. The fraction of sp³-hybridized carbons (Fsp3) is 0.520. The van der Waals surface area contributed by atoms with Gasteiger partial charge in [0, 0.05) is 55.9 Å². The molecule has 0 bridgehead atoms. The molecule has 2 fully saturated rings. The standard InChI is InChI=1S/C25H34N6OS/c1-18-25(32)29(3)23-17-26-24(16-22(23)31(18)20-8-4-5-9-20)27-19-7-6-10-21(15-19)33-30-13-11-28(2)12-14-30/h6-7,10,15-18,20H,4-5,8-9,11-14H2,1-3H3,(H,26,27). The van der Waals surface area contributed by atoms with Crippen molar-refractivity contribution < 1.29 is 4.79 Å². The Kier molecular flexibility index (Phi) is 6.49. The number of carbonyl (C=O) groups is 1. The van der Waals surface area contributed by atoms with E-state index in [0.717, 1.165) is 61.9 Å². The average Bonchev–Trinajstić information content (AvgIpc) is 3.34. The summed E-state index contributed by atoms with van der Waals surface area (Å²) in [7, 11) is 4.04. The van der Waals surface area contributed by atoms with Crippen LogP contribution in [-0.4, -0.2) is 72.5 Å². The fourth-order valence-electron chi connectivity index (χ4n) is 5.20. The Morgan fingerprint density at radius 1 is 1.03 bits per heavy atom. The number of hydrogen-bond acceptors (Lipinski definition) is 7. The number of piperazine rings is 1. The van der Waals surface area contributed by atoms with Gasteiger partial charge < -0.3 is 20.0 Å². The summed E-state index contributed by atoms with van der Waals surface area (Å²) in [4.78, 5) is 25.2. The SMILES string of the molecule is CC1C(=O)N(C)c2cnc(Nc3cccc(SN4CCN(C)CC4)c3)cc2N1C1CCCC1. The quantitative estimate of drug-likeness (QED) is 0.663. The van der Waals surface area contributed by atoms with Gasteiger partial charge in [-0.05, 0) is 57.0 Å². The molecule has 2 aliphatic heterocycles. The number of pyridine rings is 1. The molecular formula is C25H34N6OS. The van der Waals surface area contributed by atoms with Crippen LogP contribution in [0.3, 0.4) is 0 Å². The first-order valence-electron chi connectivity index (χ1n) is 12.0. The van der Waals surface area contributed by atoms with Gasteiger partial charge in [0.1, 0.15) is 11.9 Å². The number of amides is 1. The van der Waals surface area contributed by atoms with Crippen LogP contribution in [-0.2, 0) is 4.79 Å². The van der Waals surface area contributed by atoms with E-state index in [1.54, 1.807) is 4.90 Å². The van der Waals surface area contributed by atoms with E-state index in [-0.39, 0.29) is 11.9 Å². The second-order valence-electron chi connectivity index (χ2n) is 9.45. The molecule has 1 saturated heterocycles. The van der Waals surface area contributed by atoms with Gasteiger partial charge in [0.05, 0.1) is 17.6 Å². The molecule has 1 amide bonds. The molecule has 1 aromatic heterocycles. The number of fused-ring (bicyclic) bond motifs is 1. The maximum absolute atomic E-state index is 12.9. The number of anilines is 4. The van der Waals surface area contributed by atoms with Crippen molar-refractivity contribution in [1.29, 1.82) is 0 Å². The molecule has 3 aliphatic rings. The largest absolute Gasteiger partial charge is 0.355 e. The minimum atomic E-state index is -0.149. The van der Waals surface area contributed by atoms with E-state index in [1.165, 1.54) is 17.7 Å². The van der Waals surface area contributed by atoms with Crippen LogP contribution in [0.4, 0.5) is 22.9 Å². The van der Waals surface area contributed by atoms with Crippen LogP contribution in [0.25, 0.3) is 0 Å². The fourth-order valence-corrected chi connectivity index (χ4v) is 6.16. The van der Waals surface area contributed by atoms with E-state index in [1.807, 2.05) is 32.1 Å². The Morgan fingerprint density at radius 2 is 1.79 bits per heavy atom. The van der Waals surface area contributed by atoms with Crippen molar-refractivity contribution in [2.45, 2.75) is 49.6 Å². The third kappa shape index (κ3) is 4.69. The highest BCUT2D eigenvalue weighted by atomic mass is 32.2. The van der Waals surface area contributed by atoms with Gasteiger partial charge in [0.25, 0.3) is 0 Å². The molecular weight excluding hydrogens is 432 g/mol. The van der Waals surface area contributed by atoms with Crippen LogP contribution in [0, 0.1) is 0 Å². The molecule has 3 heterocycles. The Labute approximate surface area is 201 Å². The van der Waals surface area contributed by atoms with Gasteiger partial charge >= 0.3 is 0 Å². The van der Waals surface area contributed by atoms with Gasteiger partial charge in [-0.1, -0.05) is 18.9 Å². The highest BCUT2D eigenvalue weighted by Gasteiger charge is 2.38. The van der Waals surface area contributed by atoms with Gasteiger partial charge in [-0.15, -0.1) is 0 Å². The minimum Gasteiger partial charge on any atom is -0.355 e. The molecule has 1 unspecified atom stereocenters. The summed E-state index contributed by atoms with van der Waals surface area (Å²) in [5.41, 5.74) is 3.04. The van der Waals surface area contributed by atoms with Crippen molar-refractivity contribution in [1.82, 2.24) is 14.2 Å². The molecule has 5 rings (SSSR count). The predicted molar refractivity (Wildman–Crippen MR) is 136 cm³/mol. The molecule has 8 heteroatoms. The normalized spacial score (nSPS) is 22.6. The van der Waals surface area contributed by atoms with Crippen LogP contribution >= 0.6 is 11.9 Å². The summed E-state index contributed by atoms with van der Waals surface area (Å²) in [5, 5.41) is 3.51. The number of aromatic nitrogens is 1. The first-order valence-corrected chi connectivity index (χ1v) is 12.8. The molecule has 0 spiro atoms. The molecule has 1 aromatic carbocycles. The van der Waals surface area contributed by atoms with Gasteiger partial charge in [-0.3, -0.25) is 4.79 Å². The smallest absolute Gasteiger partial charge is 0.249 e. The summed E-state index contributed by atoms with van der Waals surface area (Å²) in [6.07, 6.45) is 6.61. The molecule has 2 aromatic rings. The van der Waals surface area contributed by atoms with E-state index in [0.29, 0.717) is 6.04 Å². The third-order valence-electron chi connectivity index (χ3n) is 7.13. The van der Waals surface area contributed by atoms with Crippen LogP contribution in [0.5, 0.6) is 0 Å². The number of hydrogen-bond donors (Lipinski definition) is 1. The van der Waals surface area contributed by atoms with Gasteiger partial charge in [0.15, 0.2) is 0 Å². The van der Waals surface area contributed by atoms with Crippen molar-refractivity contribution in [3.8, 4) is 0 Å². The zero-order valence-electron chi connectivity index (χ0n) is 19.8. The molecule has 1 aliphatic carbocycles. The molecule has 1 saturated carbocycles. The molecule has 33 heavy (non-hydrogen) atoms. The lowest BCUT2D eigenvalue weighted by Crippen LogP contribution is -2.54. The summed E-state index contributed by atoms with van der Waals surface area (Å²) in [6, 6.07) is 10.9. The zero-order valence-corrected chi connectivity index (χ0v) is 20.6. The molecule has 1 atom stereocenters. The first-order chi connectivity index (χ1) is 16.0. The first kappa shape index (κ1) is 22.5. The molecule has 176 valence electrons. The zero-order chi connectivity index (χ0) is 22.9.